The highest BCUT2D eigenvalue weighted by molar-refractivity contribution is 5.86. The molecule has 1 N–H and O–H groups in total. The van der Waals surface area contributed by atoms with E-state index in [1.165, 1.54) is 18.6 Å². The largest absolute Gasteiger partial charge is 0.433 e. The van der Waals surface area contributed by atoms with Crippen molar-refractivity contribution < 1.29 is 18.0 Å². The van der Waals surface area contributed by atoms with Gasteiger partial charge in [0, 0.05) is 50.5 Å². The molecule has 9 nitrogen and oxygen atoms in total. The summed E-state index contributed by atoms with van der Waals surface area (Å²) in [7, 11) is 0. The molecule has 5 heterocycles. The molecular formula is C21H23F3N8O. The van der Waals surface area contributed by atoms with Gasteiger partial charge in [0.05, 0.1) is 0 Å². The van der Waals surface area contributed by atoms with Crippen LogP contribution in [-0.2, 0) is 12.7 Å². The molecular weight excluding hydrogens is 437 g/mol. The van der Waals surface area contributed by atoms with E-state index in [1.807, 2.05) is 21.3 Å². The van der Waals surface area contributed by atoms with Crippen LogP contribution in [0.25, 0.3) is 22.6 Å². The molecule has 33 heavy (non-hydrogen) atoms. The van der Waals surface area contributed by atoms with Gasteiger partial charge in [-0.2, -0.15) is 13.2 Å². The predicted octanol–water partition coefficient (Wildman–Crippen LogP) is 3.24. The number of aryl methyl sites for hydroxylation is 1. The number of fused-ring (bicyclic) bond motifs is 1. The number of carbonyl (C=O) groups is 1. The van der Waals surface area contributed by atoms with E-state index in [4.69, 9.17) is 0 Å². The van der Waals surface area contributed by atoms with E-state index < -0.39 is 11.9 Å². The summed E-state index contributed by atoms with van der Waals surface area (Å²) in [5.74, 6) is 1.01. The minimum Gasteiger partial charge on any atom is -0.364 e. The van der Waals surface area contributed by atoms with Gasteiger partial charge in [-0.3, -0.25) is 4.98 Å². The van der Waals surface area contributed by atoms with Gasteiger partial charge in [-0.1, -0.05) is 0 Å². The summed E-state index contributed by atoms with van der Waals surface area (Å²) in [6.45, 7) is 5.31. The van der Waals surface area contributed by atoms with E-state index in [1.54, 1.807) is 0 Å². The third-order valence-corrected chi connectivity index (χ3v) is 6.09. The number of alkyl halides is 3. The predicted molar refractivity (Wildman–Crippen MR) is 114 cm³/mol. The fourth-order valence-corrected chi connectivity index (χ4v) is 4.21. The van der Waals surface area contributed by atoms with Gasteiger partial charge in [-0.15, -0.1) is 0 Å². The Kier molecular flexibility index (Phi) is 5.29. The Morgan fingerprint density at radius 1 is 1.15 bits per heavy atom. The first-order valence-electron chi connectivity index (χ1n) is 10.9. The molecule has 3 aromatic rings. The first-order valence-corrected chi connectivity index (χ1v) is 10.9. The molecule has 0 aliphatic carbocycles. The number of nitrogens with one attached hydrogen (secondary N) is 1. The quantitative estimate of drug-likeness (QED) is 0.643. The Bertz CT molecular complexity index is 1170. The Balaban J connectivity index is 1.41. The second-order valence-electron chi connectivity index (χ2n) is 8.20. The van der Waals surface area contributed by atoms with Crippen LogP contribution in [0.1, 0.15) is 25.5 Å². The monoisotopic (exact) mass is 460 g/mol. The summed E-state index contributed by atoms with van der Waals surface area (Å²) >= 11 is 0. The van der Waals surface area contributed by atoms with Crippen molar-refractivity contribution in [1.82, 2.24) is 34.3 Å². The molecule has 2 amide bonds. The van der Waals surface area contributed by atoms with E-state index in [2.05, 4.69) is 25.3 Å². The number of carbonyl (C=O) groups excluding carboxylic acids is 1. The molecule has 174 valence electrons. The number of nitrogens with zero attached hydrogens (tertiary/aromatic N) is 7. The van der Waals surface area contributed by atoms with Crippen molar-refractivity contribution in [1.29, 1.82) is 0 Å². The molecule has 12 heteroatoms. The number of aromatic nitrogens is 5. The standard InChI is InChI=1S/C21H23F3N8O/c1-2-32-18(13-4-5-15(25-10-13)21(22,23)24)29-16-17(26-12-27-19(16)32)28-14-6-9-31(11-14)20(33)30-7-3-8-30/h4-5,10,12,14H,2-3,6-9,11H2,1H3,(H,26,27,28)/t14-/m0/s1. The van der Waals surface area contributed by atoms with Gasteiger partial charge >= 0.3 is 12.2 Å². The van der Waals surface area contributed by atoms with Crippen LogP contribution in [0.5, 0.6) is 0 Å². The van der Waals surface area contributed by atoms with Crippen LogP contribution in [0, 0.1) is 0 Å². The fraction of sp³-hybridized carbons (Fsp3) is 0.476. The molecule has 0 radical (unpaired) electrons. The van der Waals surface area contributed by atoms with Crippen LogP contribution >= 0.6 is 0 Å². The van der Waals surface area contributed by atoms with Crippen LogP contribution < -0.4 is 5.32 Å². The van der Waals surface area contributed by atoms with Crippen molar-refractivity contribution in [3.8, 4) is 11.4 Å². The second-order valence-corrected chi connectivity index (χ2v) is 8.20. The first kappa shape index (κ1) is 21.4. The van der Waals surface area contributed by atoms with Crippen LogP contribution in [0.3, 0.4) is 0 Å². The zero-order valence-electron chi connectivity index (χ0n) is 18.0. The molecule has 2 saturated heterocycles. The number of urea groups is 1. The summed E-state index contributed by atoms with van der Waals surface area (Å²) in [4.78, 5) is 33.1. The van der Waals surface area contributed by atoms with Gasteiger partial charge in [0.2, 0.25) is 0 Å². The summed E-state index contributed by atoms with van der Waals surface area (Å²) in [6.07, 6.45) is -0.0529. The molecule has 0 unspecified atom stereocenters. The summed E-state index contributed by atoms with van der Waals surface area (Å²) in [5, 5.41) is 3.39. The molecule has 0 aromatic carbocycles. The van der Waals surface area contributed by atoms with Crippen molar-refractivity contribution >= 4 is 23.0 Å². The lowest BCUT2D eigenvalue weighted by atomic mass is 10.2. The molecule has 2 fully saturated rings. The summed E-state index contributed by atoms with van der Waals surface area (Å²) < 4.78 is 40.5. The Hall–Kier alpha value is -3.44. The van der Waals surface area contributed by atoms with Crippen LogP contribution in [0.15, 0.2) is 24.7 Å². The van der Waals surface area contributed by atoms with Crippen LogP contribution in [0.4, 0.5) is 23.8 Å². The third-order valence-electron chi connectivity index (χ3n) is 6.09. The Morgan fingerprint density at radius 3 is 2.61 bits per heavy atom. The van der Waals surface area contributed by atoms with Gasteiger partial charge in [-0.05, 0) is 31.9 Å². The van der Waals surface area contributed by atoms with Gasteiger partial charge in [-0.25, -0.2) is 19.7 Å². The lowest BCUT2D eigenvalue weighted by Gasteiger charge is -2.34. The topological polar surface area (TPSA) is 92.1 Å². The molecule has 0 bridgehead atoms. The van der Waals surface area contributed by atoms with Crippen LogP contribution in [0.2, 0.25) is 0 Å². The lowest BCUT2D eigenvalue weighted by Crippen LogP contribution is -2.49. The van der Waals surface area contributed by atoms with Crippen LogP contribution in [-0.4, -0.2) is 72.6 Å². The van der Waals surface area contributed by atoms with E-state index >= 15 is 0 Å². The number of likely N-dealkylation sites (tertiary alicyclic amines) is 2. The van der Waals surface area contributed by atoms with Gasteiger partial charge in [0.25, 0.3) is 0 Å². The minimum atomic E-state index is -4.50. The number of anilines is 1. The van der Waals surface area contributed by atoms with Gasteiger partial charge < -0.3 is 19.7 Å². The third kappa shape index (κ3) is 3.93. The Labute approximate surface area is 187 Å². The molecule has 2 aliphatic heterocycles. The maximum Gasteiger partial charge on any atom is 0.433 e. The van der Waals surface area contributed by atoms with Crippen molar-refractivity contribution in [3.05, 3.63) is 30.4 Å². The number of hydrogen-bond donors (Lipinski definition) is 1. The Morgan fingerprint density at radius 2 is 1.97 bits per heavy atom. The molecule has 2 aliphatic rings. The molecule has 1 atom stereocenters. The number of imidazole rings is 1. The molecule has 0 spiro atoms. The van der Waals surface area contributed by atoms with Crippen molar-refractivity contribution in [2.75, 3.05) is 31.5 Å². The zero-order valence-corrected chi connectivity index (χ0v) is 18.0. The van der Waals surface area contributed by atoms with E-state index in [-0.39, 0.29) is 12.1 Å². The minimum absolute atomic E-state index is 0.0243. The SMILES string of the molecule is CCn1c(-c2ccc(C(F)(F)F)nc2)nc2c(N[C@H]3CCN(C(=O)N4CCC4)C3)ncnc21. The van der Waals surface area contributed by atoms with Gasteiger partial charge in [0.15, 0.2) is 17.0 Å². The highest BCUT2D eigenvalue weighted by Crippen LogP contribution is 2.31. The highest BCUT2D eigenvalue weighted by atomic mass is 19.4. The lowest BCUT2D eigenvalue weighted by molar-refractivity contribution is -0.141. The maximum absolute atomic E-state index is 12.9. The molecule has 5 rings (SSSR count). The zero-order chi connectivity index (χ0) is 23.2. The van der Waals surface area contributed by atoms with E-state index in [0.29, 0.717) is 48.0 Å². The van der Waals surface area contributed by atoms with Crippen molar-refractivity contribution in [2.24, 2.45) is 0 Å². The summed E-state index contributed by atoms with van der Waals surface area (Å²) in [6, 6.07) is 2.41. The number of rotatable bonds is 4. The van der Waals surface area contributed by atoms with Crippen molar-refractivity contribution in [3.63, 3.8) is 0 Å². The second kappa shape index (κ2) is 8.16. The van der Waals surface area contributed by atoms with Crippen molar-refractivity contribution in [2.45, 2.75) is 38.5 Å². The maximum atomic E-state index is 12.9. The van der Waals surface area contributed by atoms with E-state index in [9.17, 15) is 18.0 Å². The smallest absolute Gasteiger partial charge is 0.364 e. The number of hydrogen-bond acceptors (Lipinski definition) is 6. The normalized spacial score (nSPS) is 18.6. The molecule has 0 saturated carbocycles. The number of pyridine rings is 1. The average Bonchev–Trinajstić information content (AvgIpc) is 3.37. The van der Waals surface area contributed by atoms with Gasteiger partial charge in [0.1, 0.15) is 17.8 Å². The number of amides is 2. The molecule has 3 aromatic heterocycles. The summed E-state index contributed by atoms with van der Waals surface area (Å²) in [5.41, 5.74) is 0.616. The average molecular weight is 460 g/mol. The van der Waals surface area contributed by atoms with E-state index in [0.717, 1.165) is 32.0 Å². The first-order chi connectivity index (χ1) is 15.8. The fourth-order valence-electron chi connectivity index (χ4n) is 4.21. The number of halogens is 3. The highest BCUT2D eigenvalue weighted by Gasteiger charge is 2.33.